The molecule has 92 valence electrons. The van der Waals surface area contributed by atoms with Gasteiger partial charge in [-0.25, -0.2) is 0 Å². The van der Waals surface area contributed by atoms with E-state index >= 15 is 0 Å². The molecule has 16 heavy (non-hydrogen) atoms. The van der Waals surface area contributed by atoms with E-state index in [4.69, 9.17) is 5.73 Å². The molecule has 3 heteroatoms. The van der Waals surface area contributed by atoms with E-state index in [9.17, 15) is 4.79 Å². The van der Waals surface area contributed by atoms with Gasteiger partial charge in [-0.1, -0.05) is 19.3 Å². The van der Waals surface area contributed by atoms with Crippen LogP contribution < -0.4 is 5.73 Å². The van der Waals surface area contributed by atoms with Gasteiger partial charge >= 0.3 is 0 Å². The zero-order valence-corrected chi connectivity index (χ0v) is 10.3. The second kappa shape index (κ2) is 5.17. The lowest BCUT2D eigenvalue weighted by Crippen LogP contribution is -2.34. The fraction of sp³-hybridized carbons (Fsp3) is 0.923. The smallest absolute Gasteiger partial charge is 0.222 e. The summed E-state index contributed by atoms with van der Waals surface area (Å²) in [7, 11) is 0. The minimum Gasteiger partial charge on any atom is -0.340 e. The number of nitrogens with zero attached hydrogens (tertiary/aromatic N) is 1. The Morgan fingerprint density at radius 2 is 2.12 bits per heavy atom. The molecular weight excluding hydrogens is 200 g/mol. The Bertz CT molecular complexity index is 250. The van der Waals surface area contributed by atoms with Crippen LogP contribution in [0.1, 0.15) is 45.4 Å². The standard InChI is InChI=1S/C13H24N2O/c1-10-7-12(8-14)9-15(10)13(16)6-5-11-3-2-4-11/h10-12H,2-9,14H2,1H3. The predicted molar refractivity (Wildman–Crippen MR) is 64.9 cm³/mol. The van der Waals surface area contributed by atoms with Crippen LogP contribution in [0.25, 0.3) is 0 Å². The molecule has 3 nitrogen and oxygen atoms in total. The van der Waals surface area contributed by atoms with E-state index in [0.717, 1.165) is 38.3 Å². The van der Waals surface area contributed by atoms with Crippen molar-refractivity contribution in [2.45, 2.75) is 51.5 Å². The van der Waals surface area contributed by atoms with Crippen molar-refractivity contribution in [3.63, 3.8) is 0 Å². The quantitative estimate of drug-likeness (QED) is 0.791. The van der Waals surface area contributed by atoms with Crippen molar-refractivity contribution in [2.24, 2.45) is 17.6 Å². The summed E-state index contributed by atoms with van der Waals surface area (Å²) in [5, 5.41) is 0. The highest BCUT2D eigenvalue weighted by atomic mass is 16.2. The average Bonchev–Trinajstić information content (AvgIpc) is 2.57. The van der Waals surface area contributed by atoms with E-state index in [2.05, 4.69) is 11.8 Å². The third-order valence-corrected chi connectivity index (χ3v) is 4.31. The van der Waals surface area contributed by atoms with Crippen molar-refractivity contribution < 1.29 is 4.79 Å². The molecule has 0 spiro atoms. The third-order valence-electron chi connectivity index (χ3n) is 4.31. The first-order valence-electron chi connectivity index (χ1n) is 6.70. The first kappa shape index (κ1) is 11.9. The number of carbonyl (C=O) groups is 1. The average molecular weight is 224 g/mol. The first-order chi connectivity index (χ1) is 7.70. The molecule has 2 rings (SSSR count). The van der Waals surface area contributed by atoms with Crippen LogP contribution in [0.3, 0.4) is 0 Å². The van der Waals surface area contributed by atoms with E-state index in [0.29, 0.717) is 17.9 Å². The van der Waals surface area contributed by atoms with Crippen LogP contribution in [-0.2, 0) is 4.79 Å². The Hall–Kier alpha value is -0.570. The molecule has 0 bridgehead atoms. The van der Waals surface area contributed by atoms with E-state index in [-0.39, 0.29) is 0 Å². The Kier molecular flexibility index (Phi) is 3.85. The number of nitrogens with two attached hydrogens (primary N) is 1. The molecule has 0 aromatic rings. The zero-order chi connectivity index (χ0) is 11.5. The van der Waals surface area contributed by atoms with Crippen molar-refractivity contribution in [3.05, 3.63) is 0 Å². The van der Waals surface area contributed by atoms with Crippen molar-refractivity contribution in [1.29, 1.82) is 0 Å². The lowest BCUT2D eigenvalue weighted by molar-refractivity contribution is -0.132. The topological polar surface area (TPSA) is 46.3 Å². The lowest BCUT2D eigenvalue weighted by Gasteiger charge is -2.27. The van der Waals surface area contributed by atoms with Gasteiger partial charge in [0.1, 0.15) is 0 Å². The molecule has 1 heterocycles. The van der Waals surface area contributed by atoms with E-state index in [1.807, 2.05) is 0 Å². The molecule has 1 saturated carbocycles. The Balaban J connectivity index is 1.75. The highest BCUT2D eigenvalue weighted by Crippen LogP contribution is 2.31. The Morgan fingerprint density at radius 1 is 1.38 bits per heavy atom. The van der Waals surface area contributed by atoms with Gasteiger partial charge in [-0.2, -0.15) is 0 Å². The van der Waals surface area contributed by atoms with E-state index < -0.39 is 0 Å². The molecule has 2 N–H and O–H groups in total. The summed E-state index contributed by atoms with van der Waals surface area (Å²) in [6.07, 6.45) is 7.00. The van der Waals surface area contributed by atoms with Crippen LogP contribution in [0.15, 0.2) is 0 Å². The molecule has 2 fully saturated rings. The molecule has 2 aliphatic rings. The van der Waals surface area contributed by atoms with Gasteiger partial charge in [-0.05, 0) is 38.1 Å². The normalized spacial score (nSPS) is 30.5. The molecule has 1 aliphatic carbocycles. The molecule has 2 unspecified atom stereocenters. The van der Waals surface area contributed by atoms with Crippen LogP contribution in [0.5, 0.6) is 0 Å². The third kappa shape index (κ3) is 2.57. The van der Waals surface area contributed by atoms with E-state index in [1.165, 1.54) is 19.3 Å². The maximum absolute atomic E-state index is 12.0. The van der Waals surface area contributed by atoms with E-state index in [1.54, 1.807) is 0 Å². The minimum atomic E-state index is 0.357. The summed E-state index contributed by atoms with van der Waals surface area (Å²) in [5.41, 5.74) is 5.67. The monoisotopic (exact) mass is 224 g/mol. The molecule has 0 aromatic carbocycles. The maximum Gasteiger partial charge on any atom is 0.222 e. The summed E-state index contributed by atoms with van der Waals surface area (Å²) in [5.74, 6) is 1.73. The van der Waals surface area contributed by atoms with Crippen molar-refractivity contribution in [2.75, 3.05) is 13.1 Å². The van der Waals surface area contributed by atoms with Crippen LogP contribution in [0, 0.1) is 11.8 Å². The van der Waals surface area contributed by atoms with Gasteiger partial charge < -0.3 is 10.6 Å². The molecule has 1 aliphatic heterocycles. The van der Waals surface area contributed by atoms with Crippen molar-refractivity contribution in [1.82, 2.24) is 4.90 Å². The zero-order valence-electron chi connectivity index (χ0n) is 10.3. The predicted octanol–water partition coefficient (Wildman–Crippen LogP) is 1.76. The lowest BCUT2D eigenvalue weighted by atomic mass is 9.82. The molecule has 0 radical (unpaired) electrons. The van der Waals surface area contributed by atoms with Crippen LogP contribution in [-0.4, -0.2) is 29.9 Å². The molecular formula is C13H24N2O. The van der Waals surface area contributed by atoms with Crippen LogP contribution >= 0.6 is 0 Å². The number of amides is 1. The number of hydrogen-bond donors (Lipinski definition) is 1. The van der Waals surface area contributed by atoms with Gasteiger partial charge in [-0.15, -0.1) is 0 Å². The van der Waals surface area contributed by atoms with Gasteiger partial charge in [0.2, 0.25) is 5.91 Å². The fourth-order valence-electron chi connectivity index (χ4n) is 2.91. The molecule has 0 aromatic heterocycles. The highest BCUT2D eigenvalue weighted by Gasteiger charge is 2.31. The number of hydrogen-bond acceptors (Lipinski definition) is 2. The molecule has 2 atom stereocenters. The summed E-state index contributed by atoms with van der Waals surface area (Å²) < 4.78 is 0. The first-order valence-corrected chi connectivity index (χ1v) is 6.70. The number of likely N-dealkylation sites (tertiary alicyclic amines) is 1. The maximum atomic E-state index is 12.0. The molecule has 1 amide bonds. The number of carbonyl (C=O) groups excluding carboxylic acids is 1. The summed E-state index contributed by atoms with van der Waals surface area (Å²) in [4.78, 5) is 14.1. The Labute approximate surface area is 98.4 Å². The Morgan fingerprint density at radius 3 is 2.62 bits per heavy atom. The summed E-state index contributed by atoms with van der Waals surface area (Å²) in [6.45, 7) is 3.76. The second-order valence-corrected chi connectivity index (χ2v) is 5.57. The van der Waals surface area contributed by atoms with Crippen molar-refractivity contribution >= 4 is 5.91 Å². The SMILES string of the molecule is CC1CC(CN)CN1C(=O)CCC1CCC1. The molecule has 1 saturated heterocycles. The highest BCUT2D eigenvalue weighted by molar-refractivity contribution is 5.76. The van der Waals surface area contributed by atoms with Crippen LogP contribution in [0.4, 0.5) is 0 Å². The van der Waals surface area contributed by atoms with Gasteiger partial charge in [0.25, 0.3) is 0 Å². The van der Waals surface area contributed by atoms with Gasteiger partial charge in [0.05, 0.1) is 0 Å². The second-order valence-electron chi connectivity index (χ2n) is 5.57. The van der Waals surface area contributed by atoms with Crippen LogP contribution in [0.2, 0.25) is 0 Å². The fourth-order valence-corrected chi connectivity index (χ4v) is 2.91. The number of rotatable bonds is 4. The van der Waals surface area contributed by atoms with Gasteiger partial charge in [0.15, 0.2) is 0 Å². The largest absolute Gasteiger partial charge is 0.340 e. The summed E-state index contributed by atoms with van der Waals surface area (Å²) in [6, 6.07) is 0.405. The van der Waals surface area contributed by atoms with Gasteiger partial charge in [0, 0.05) is 19.0 Å². The van der Waals surface area contributed by atoms with Gasteiger partial charge in [-0.3, -0.25) is 4.79 Å². The minimum absolute atomic E-state index is 0.357. The van der Waals surface area contributed by atoms with Crippen molar-refractivity contribution in [3.8, 4) is 0 Å². The summed E-state index contributed by atoms with van der Waals surface area (Å²) >= 11 is 0.